The molecule has 0 unspecified atom stereocenters. The second-order valence-electron chi connectivity index (χ2n) is 12.6. The zero-order chi connectivity index (χ0) is 29.2. The molecule has 0 heterocycles. The van der Waals surface area contributed by atoms with Crippen LogP contribution in [-0.2, 0) is 34.7 Å². The van der Waals surface area contributed by atoms with Gasteiger partial charge in [-0.05, 0) is 10.8 Å². The van der Waals surface area contributed by atoms with Crippen LogP contribution < -0.4 is 0 Å². The first-order valence-electron chi connectivity index (χ1n) is 14.6. The molecule has 0 aromatic heterocycles. The maximum Gasteiger partial charge on any atom is -0.0202 e. The fourth-order valence-corrected chi connectivity index (χ4v) is 5.90. The summed E-state index contributed by atoms with van der Waals surface area (Å²) < 4.78 is 1.63. The molecule has 1 aliphatic rings. The van der Waals surface area contributed by atoms with Crippen molar-refractivity contribution >= 4 is 49.6 Å². The van der Waals surface area contributed by atoms with E-state index in [-0.39, 0.29) is 35.6 Å². The maximum atomic E-state index is 3.74. The van der Waals surface area contributed by atoms with Crippen LogP contribution in [0.2, 0.25) is 0 Å². The van der Waals surface area contributed by atoms with Gasteiger partial charge in [-0.3, -0.25) is 6.08 Å². The van der Waals surface area contributed by atoms with Crippen molar-refractivity contribution in [2.75, 3.05) is 0 Å². The van der Waals surface area contributed by atoms with Crippen LogP contribution in [0.5, 0.6) is 0 Å². The van der Waals surface area contributed by atoms with Crippen LogP contribution in [-0.4, -0.2) is 3.26 Å². The first kappa shape index (κ1) is 38.1. The van der Waals surface area contributed by atoms with E-state index < -0.39 is 0 Å². The minimum absolute atomic E-state index is 0. The largest absolute Gasteiger partial charge is 0.273 e. The summed E-state index contributed by atoms with van der Waals surface area (Å²) in [5.41, 5.74) is 4.66. The molecule has 0 N–H and O–H groups in total. The zero-order valence-corrected chi connectivity index (χ0v) is 31.5. The Hall–Kier alpha value is -1.93. The Morgan fingerprint density at radius 3 is 1.79 bits per heavy atom. The van der Waals surface area contributed by atoms with Gasteiger partial charge >= 0.3 is 101 Å². The summed E-state index contributed by atoms with van der Waals surface area (Å²) in [6, 6.07) is 26.9. The van der Waals surface area contributed by atoms with Gasteiger partial charge in [-0.1, -0.05) is 76.9 Å². The van der Waals surface area contributed by atoms with E-state index in [0.29, 0.717) is 0 Å². The first-order chi connectivity index (χ1) is 19.0. The summed E-state index contributed by atoms with van der Waals surface area (Å²) in [4.78, 5) is 0. The summed E-state index contributed by atoms with van der Waals surface area (Å²) in [5, 5.41) is 5.48. The van der Waals surface area contributed by atoms with E-state index in [1.54, 1.807) is 3.26 Å². The Labute approximate surface area is 282 Å². The third kappa shape index (κ3) is 11.6. The van der Waals surface area contributed by atoms with Crippen LogP contribution in [0.15, 0.2) is 104 Å². The van der Waals surface area contributed by atoms with Crippen LogP contribution in [0.3, 0.4) is 0 Å². The Morgan fingerprint density at radius 1 is 0.833 bits per heavy atom. The minimum Gasteiger partial charge on any atom is -0.273 e. The van der Waals surface area contributed by atoms with Gasteiger partial charge in [0, 0.05) is 0 Å². The van der Waals surface area contributed by atoms with Crippen molar-refractivity contribution in [3.63, 3.8) is 0 Å². The molecule has 0 fully saturated rings. The summed E-state index contributed by atoms with van der Waals surface area (Å²) in [7, 11) is 0. The van der Waals surface area contributed by atoms with Gasteiger partial charge in [-0.15, -0.1) is 71.0 Å². The number of rotatable bonds is 6. The molecule has 1 aliphatic carbocycles. The van der Waals surface area contributed by atoms with Gasteiger partial charge in [0.25, 0.3) is 0 Å². The molecule has 222 valence electrons. The molecule has 0 bridgehead atoms. The molecule has 5 rings (SSSR count). The normalized spacial score (nSPS) is 12.0. The van der Waals surface area contributed by atoms with Gasteiger partial charge < -0.3 is 0 Å². The zero-order valence-electron chi connectivity index (χ0n) is 26.3. The average molecular weight is 766 g/mol. The molecule has 0 aliphatic heterocycles. The van der Waals surface area contributed by atoms with Gasteiger partial charge in [0.1, 0.15) is 0 Å². The van der Waals surface area contributed by atoms with E-state index in [1.165, 1.54) is 81.4 Å². The quantitative estimate of drug-likeness (QED) is 0.0794. The van der Waals surface area contributed by atoms with Gasteiger partial charge in [0.2, 0.25) is 0 Å². The van der Waals surface area contributed by atoms with E-state index in [9.17, 15) is 0 Å². The molecule has 0 spiro atoms. The Bertz CT molecular complexity index is 1380. The first-order valence-corrected chi connectivity index (χ1v) is 16.4. The molecule has 0 amide bonds. The second kappa shape index (κ2) is 18.0. The van der Waals surface area contributed by atoms with Crippen LogP contribution in [0, 0.1) is 6.08 Å². The third-order valence-corrected chi connectivity index (χ3v) is 9.16. The Morgan fingerprint density at radius 2 is 1.38 bits per heavy atom. The van der Waals surface area contributed by atoms with E-state index in [1.807, 2.05) is 18.2 Å². The van der Waals surface area contributed by atoms with Crippen LogP contribution in [0.1, 0.15) is 90.3 Å². The van der Waals surface area contributed by atoms with Gasteiger partial charge in [-0.2, -0.15) is 6.08 Å². The number of unbranched alkanes of at least 4 members (excludes halogenated alkanes) is 2. The van der Waals surface area contributed by atoms with Crippen molar-refractivity contribution in [2.24, 2.45) is 0 Å². The van der Waals surface area contributed by atoms with E-state index >= 15 is 0 Å². The molecule has 0 saturated carbocycles. The minimum atomic E-state index is 0. The number of benzene rings is 3. The van der Waals surface area contributed by atoms with Crippen LogP contribution in [0.4, 0.5) is 0 Å². The van der Waals surface area contributed by atoms with E-state index in [2.05, 4.69) is 133 Å². The Balaban J connectivity index is 0.000000363. The topological polar surface area (TPSA) is 0 Å². The van der Waals surface area contributed by atoms with Gasteiger partial charge in [0.05, 0.1) is 0 Å². The van der Waals surface area contributed by atoms with E-state index in [0.717, 1.165) is 12.8 Å². The van der Waals surface area contributed by atoms with Crippen molar-refractivity contribution in [3.05, 3.63) is 126 Å². The molecule has 4 aromatic carbocycles. The molecule has 0 radical (unpaired) electrons. The number of fused-ring (bicyclic) bond motifs is 3. The number of hydrogen-bond acceptors (Lipinski definition) is 0. The summed E-state index contributed by atoms with van der Waals surface area (Å²) in [5.74, 6) is 0. The maximum absolute atomic E-state index is 3.74. The predicted octanol–water partition coefficient (Wildman–Crippen LogP) is 12.0. The number of halogens is 2. The molecule has 0 nitrogen and oxygen atoms in total. The number of hydrogen-bond donors (Lipinski definition) is 0. The monoisotopic (exact) mass is 766 g/mol. The summed E-state index contributed by atoms with van der Waals surface area (Å²) in [6.45, 7) is 17.4. The predicted molar refractivity (Wildman–Crippen MR) is 190 cm³/mol. The Kier molecular flexibility index (Phi) is 16.3. The molecule has 3 heteroatoms. The molecule has 42 heavy (non-hydrogen) atoms. The summed E-state index contributed by atoms with van der Waals surface area (Å²) in [6.07, 6.45) is 17.0. The summed E-state index contributed by atoms with van der Waals surface area (Å²) >= 11 is 1.19. The smallest absolute Gasteiger partial charge is 0.0202 e. The van der Waals surface area contributed by atoms with Gasteiger partial charge in [-0.25, -0.2) is 12.2 Å². The fourth-order valence-electron chi connectivity index (χ4n) is 4.67. The van der Waals surface area contributed by atoms with Crippen molar-refractivity contribution in [1.29, 1.82) is 0 Å². The molecule has 0 atom stereocenters. The van der Waals surface area contributed by atoms with E-state index in [4.69, 9.17) is 0 Å². The standard InChI is InChI=1S/C21H25.C13H16.C5H5.2ClH.Hf/c1-20(2,3)16-7-9-18-14(12-16)11-15-13-17(21(4,5)6)8-10-19(15)18;1-2-3-4-5-7-10-13-11-8-6-9-12-13;1-2-4-5-3-1;;;/h7-13H,1-6H3;2,6,8-9,11-12H,1,3-5,7H2;1-3H,4H2;2*1H;/q-1;;-1;;;+2. The third-order valence-electron chi connectivity index (χ3n) is 7.23. The molecular formula is C39H48Cl2Hf. The molecule has 0 saturated heterocycles. The fraction of sp³-hybridized carbons (Fsp3) is 0.333. The van der Waals surface area contributed by atoms with Crippen molar-refractivity contribution in [2.45, 2.75) is 84.5 Å². The van der Waals surface area contributed by atoms with Crippen molar-refractivity contribution in [3.8, 4) is 0 Å². The van der Waals surface area contributed by atoms with Crippen LogP contribution >= 0.6 is 24.8 Å². The van der Waals surface area contributed by atoms with Crippen LogP contribution in [0.25, 0.3) is 21.5 Å². The van der Waals surface area contributed by atoms with Gasteiger partial charge in [0.15, 0.2) is 0 Å². The number of allylic oxidation sites excluding steroid dienone is 5. The second-order valence-corrected chi connectivity index (χ2v) is 14.8. The SMILES string of the molecule is C=CCCCC[C](=[Hf+2])c1ccccc1.CC(C)(C)c1ccc2c(c1)[cH-]c1cc(C(C)(C)C)ccc12.Cl.Cl.[C-]1=CC=CC1. The molecular weight excluding hydrogens is 718 g/mol. The van der Waals surface area contributed by atoms with Crippen molar-refractivity contribution < 1.29 is 23.9 Å². The molecule has 4 aromatic rings. The van der Waals surface area contributed by atoms with Crippen molar-refractivity contribution in [1.82, 2.24) is 0 Å². The average Bonchev–Trinajstić information content (AvgIpc) is 3.62.